The minimum Gasteiger partial charge on any atom is -0.480 e. The summed E-state index contributed by atoms with van der Waals surface area (Å²) >= 11 is 0. The van der Waals surface area contributed by atoms with Gasteiger partial charge in [0.1, 0.15) is 6.04 Å². The van der Waals surface area contributed by atoms with E-state index >= 15 is 0 Å². The van der Waals surface area contributed by atoms with Crippen LogP contribution in [0.15, 0.2) is 6.33 Å². The molecule has 1 aromatic heterocycles. The van der Waals surface area contributed by atoms with Crippen LogP contribution in [0.4, 0.5) is 13.2 Å². The number of aromatic nitrogens is 2. The first-order chi connectivity index (χ1) is 6.91. The van der Waals surface area contributed by atoms with Crippen LogP contribution >= 0.6 is 0 Å². The Morgan fingerprint density at radius 3 is 2.80 bits per heavy atom. The molecule has 0 aliphatic carbocycles. The number of carboxylic acids is 1. The van der Waals surface area contributed by atoms with Crippen molar-refractivity contribution < 1.29 is 23.1 Å². The van der Waals surface area contributed by atoms with E-state index in [0.717, 1.165) is 10.9 Å². The summed E-state index contributed by atoms with van der Waals surface area (Å²) in [5.41, 5.74) is -0.999. The monoisotopic (exact) mass is 220 g/mol. The molecular weight excluding hydrogens is 213 g/mol. The van der Waals surface area contributed by atoms with Crippen LogP contribution in [-0.4, -0.2) is 20.6 Å². The van der Waals surface area contributed by atoms with Crippen molar-refractivity contribution in [1.82, 2.24) is 9.55 Å². The second-order valence-corrected chi connectivity index (χ2v) is 3.34. The minimum atomic E-state index is -4.51. The van der Waals surface area contributed by atoms with Gasteiger partial charge in [-0.05, 0) is 12.8 Å². The van der Waals surface area contributed by atoms with E-state index in [0.29, 0.717) is 0 Å². The number of hydrogen-bond donors (Lipinski definition) is 1. The van der Waals surface area contributed by atoms with Crippen LogP contribution in [0.5, 0.6) is 0 Å². The zero-order valence-electron chi connectivity index (χ0n) is 7.45. The SMILES string of the molecule is O=C(O)C1CCc2c(C(F)(F)F)ncn21. The molecule has 2 heterocycles. The molecule has 0 aromatic carbocycles. The Balaban J connectivity index is 2.43. The van der Waals surface area contributed by atoms with E-state index in [1.54, 1.807) is 0 Å². The third-order valence-electron chi connectivity index (χ3n) is 2.44. The molecular formula is C8H7F3N2O2. The highest BCUT2D eigenvalue weighted by Gasteiger charge is 2.41. The lowest BCUT2D eigenvalue weighted by Crippen LogP contribution is -2.14. The molecule has 0 saturated heterocycles. The van der Waals surface area contributed by atoms with Crippen molar-refractivity contribution in [3.05, 3.63) is 17.7 Å². The highest BCUT2D eigenvalue weighted by molar-refractivity contribution is 5.72. The smallest absolute Gasteiger partial charge is 0.435 e. The molecule has 7 heteroatoms. The van der Waals surface area contributed by atoms with Gasteiger partial charge in [-0.2, -0.15) is 13.2 Å². The Kier molecular flexibility index (Phi) is 1.99. The summed E-state index contributed by atoms with van der Waals surface area (Å²) < 4.78 is 38.2. The number of fused-ring (bicyclic) bond motifs is 1. The zero-order valence-corrected chi connectivity index (χ0v) is 7.45. The van der Waals surface area contributed by atoms with Crippen molar-refractivity contribution in [2.45, 2.75) is 25.1 Å². The number of carboxylic acid groups (broad SMARTS) is 1. The van der Waals surface area contributed by atoms with Crippen molar-refractivity contribution >= 4 is 5.97 Å². The Morgan fingerprint density at radius 2 is 2.27 bits per heavy atom. The van der Waals surface area contributed by atoms with Gasteiger partial charge in [-0.1, -0.05) is 0 Å². The predicted molar refractivity (Wildman–Crippen MR) is 42.2 cm³/mol. The van der Waals surface area contributed by atoms with E-state index in [2.05, 4.69) is 4.98 Å². The van der Waals surface area contributed by atoms with Crippen molar-refractivity contribution in [2.24, 2.45) is 0 Å². The average Bonchev–Trinajstić information content (AvgIpc) is 2.56. The van der Waals surface area contributed by atoms with Gasteiger partial charge in [0.05, 0.1) is 12.0 Å². The highest BCUT2D eigenvalue weighted by Crippen LogP contribution is 2.36. The Bertz CT molecular complexity index is 411. The summed E-state index contributed by atoms with van der Waals surface area (Å²) in [7, 11) is 0. The maximum absolute atomic E-state index is 12.4. The maximum Gasteiger partial charge on any atom is 0.435 e. The summed E-state index contributed by atoms with van der Waals surface area (Å²) in [6, 6.07) is -0.913. The largest absolute Gasteiger partial charge is 0.480 e. The molecule has 82 valence electrons. The first-order valence-electron chi connectivity index (χ1n) is 4.27. The van der Waals surface area contributed by atoms with Crippen molar-refractivity contribution in [3.63, 3.8) is 0 Å². The molecule has 0 bridgehead atoms. The standard InChI is InChI=1S/C8H7F3N2O2/c9-8(10,11)6-4-1-2-5(7(14)15)13(4)3-12-6/h3,5H,1-2H2,(H,14,15). The molecule has 0 radical (unpaired) electrons. The number of halogens is 3. The Labute approximate surface area is 82.3 Å². The topological polar surface area (TPSA) is 55.1 Å². The van der Waals surface area contributed by atoms with Gasteiger partial charge in [-0.25, -0.2) is 9.78 Å². The molecule has 0 saturated carbocycles. The second-order valence-electron chi connectivity index (χ2n) is 3.34. The first kappa shape index (κ1) is 10.0. The van der Waals surface area contributed by atoms with Crippen LogP contribution in [0.2, 0.25) is 0 Å². The molecule has 2 rings (SSSR count). The quantitative estimate of drug-likeness (QED) is 0.779. The van der Waals surface area contributed by atoms with Crippen molar-refractivity contribution in [3.8, 4) is 0 Å². The van der Waals surface area contributed by atoms with Crippen LogP contribution in [0, 0.1) is 0 Å². The number of nitrogens with zero attached hydrogens (tertiary/aromatic N) is 2. The number of aliphatic carboxylic acids is 1. The fraction of sp³-hybridized carbons (Fsp3) is 0.500. The van der Waals surface area contributed by atoms with Crippen LogP contribution in [0.3, 0.4) is 0 Å². The average molecular weight is 220 g/mol. The van der Waals surface area contributed by atoms with Crippen molar-refractivity contribution in [1.29, 1.82) is 0 Å². The van der Waals surface area contributed by atoms with E-state index in [1.165, 1.54) is 0 Å². The van der Waals surface area contributed by atoms with Gasteiger partial charge in [0, 0.05) is 0 Å². The van der Waals surface area contributed by atoms with Gasteiger partial charge in [0.15, 0.2) is 5.69 Å². The third-order valence-corrected chi connectivity index (χ3v) is 2.44. The summed E-state index contributed by atoms with van der Waals surface area (Å²) in [5.74, 6) is -1.13. The normalized spacial score (nSPS) is 20.3. The number of carbonyl (C=O) groups is 1. The Hall–Kier alpha value is -1.53. The molecule has 1 N–H and O–H groups in total. The van der Waals surface area contributed by atoms with E-state index in [1.807, 2.05) is 0 Å². The molecule has 0 amide bonds. The lowest BCUT2D eigenvalue weighted by Gasteiger charge is -2.06. The van der Waals surface area contributed by atoms with Gasteiger partial charge in [-0.15, -0.1) is 0 Å². The van der Waals surface area contributed by atoms with Crippen molar-refractivity contribution in [2.75, 3.05) is 0 Å². The fourth-order valence-corrected chi connectivity index (χ4v) is 1.79. The second kappa shape index (κ2) is 2.98. The minimum absolute atomic E-state index is 0.0325. The summed E-state index contributed by atoms with van der Waals surface area (Å²) in [4.78, 5) is 13.9. The zero-order chi connectivity index (χ0) is 11.2. The van der Waals surface area contributed by atoms with E-state index in [9.17, 15) is 18.0 Å². The molecule has 1 aliphatic rings. The number of alkyl halides is 3. The molecule has 1 aliphatic heterocycles. The lowest BCUT2D eigenvalue weighted by molar-refractivity contribution is -0.142. The van der Waals surface area contributed by atoms with Crippen LogP contribution < -0.4 is 0 Å². The first-order valence-corrected chi connectivity index (χ1v) is 4.27. The van der Waals surface area contributed by atoms with E-state index in [4.69, 9.17) is 5.11 Å². The van der Waals surface area contributed by atoms with E-state index < -0.39 is 23.9 Å². The van der Waals surface area contributed by atoms with Gasteiger partial charge >= 0.3 is 12.1 Å². The highest BCUT2D eigenvalue weighted by atomic mass is 19.4. The molecule has 1 unspecified atom stereocenters. The summed E-state index contributed by atoms with van der Waals surface area (Å²) in [5, 5.41) is 8.74. The fourth-order valence-electron chi connectivity index (χ4n) is 1.79. The van der Waals surface area contributed by atoms with Gasteiger partial charge in [0.25, 0.3) is 0 Å². The van der Waals surface area contributed by atoms with Crippen LogP contribution in [0.25, 0.3) is 0 Å². The number of rotatable bonds is 1. The lowest BCUT2D eigenvalue weighted by atomic mass is 10.2. The molecule has 15 heavy (non-hydrogen) atoms. The molecule has 0 spiro atoms. The molecule has 4 nitrogen and oxygen atoms in total. The summed E-state index contributed by atoms with van der Waals surface area (Å²) in [6.07, 6.45) is -3.26. The van der Waals surface area contributed by atoms with Gasteiger partial charge < -0.3 is 9.67 Å². The van der Waals surface area contributed by atoms with Gasteiger partial charge in [-0.3, -0.25) is 0 Å². The number of hydrogen-bond acceptors (Lipinski definition) is 2. The van der Waals surface area contributed by atoms with E-state index in [-0.39, 0.29) is 18.5 Å². The predicted octanol–water partition coefficient (Wildman–Crippen LogP) is 1.47. The third kappa shape index (κ3) is 1.47. The molecule has 1 aromatic rings. The Morgan fingerprint density at radius 1 is 1.60 bits per heavy atom. The van der Waals surface area contributed by atoms with Crippen LogP contribution in [0.1, 0.15) is 23.9 Å². The van der Waals surface area contributed by atoms with Gasteiger partial charge in [0.2, 0.25) is 0 Å². The maximum atomic E-state index is 12.4. The summed E-state index contributed by atoms with van der Waals surface area (Å²) in [6.45, 7) is 0. The molecule has 1 atom stereocenters. The number of imidazole rings is 1. The molecule has 0 fully saturated rings. The van der Waals surface area contributed by atoms with Crippen LogP contribution in [-0.2, 0) is 17.4 Å².